The molecule has 0 aliphatic rings. The minimum absolute atomic E-state index is 0.123. The first-order valence-corrected chi connectivity index (χ1v) is 6.73. The molecule has 0 bridgehead atoms. The number of halogens is 2. The number of rotatable bonds is 5. The molecule has 2 rings (SSSR count). The van der Waals surface area contributed by atoms with Gasteiger partial charge in [0.1, 0.15) is 10.7 Å². The Bertz CT molecular complexity index is 687. The van der Waals surface area contributed by atoms with Crippen molar-refractivity contribution in [3.05, 3.63) is 62.1 Å². The number of carbonyl (C=O) groups excluding carboxylic acids is 1. The zero-order chi connectivity index (χ0) is 15.4. The van der Waals surface area contributed by atoms with Crippen LogP contribution < -0.4 is 5.32 Å². The maximum absolute atomic E-state index is 13.1. The van der Waals surface area contributed by atoms with Crippen molar-refractivity contribution in [3.63, 3.8) is 0 Å². The third-order valence-electron chi connectivity index (χ3n) is 2.68. The van der Waals surface area contributed by atoms with Crippen molar-refractivity contribution in [3.8, 4) is 0 Å². The van der Waals surface area contributed by atoms with Gasteiger partial charge in [0.05, 0.1) is 10.5 Å². The Kier molecular flexibility index (Phi) is 4.69. The van der Waals surface area contributed by atoms with E-state index in [0.717, 1.165) is 11.6 Å². The molecule has 8 heteroatoms. The molecule has 110 valence electrons. The third kappa shape index (κ3) is 3.88. The molecule has 0 spiro atoms. The summed E-state index contributed by atoms with van der Waals surface area (Å²) in [4.78, 5) is 21.4. The molecule has 2 aromatic rings. The maximum atomic E-state index is 13.1. The summed E-state index contributed by atoms with van der Waals surface area (Å²) < 4.78 is 18.2. The van der Waals surface area contributed by atoms with Crippen molar-refractivity contribution in [2.45, 2.75) is 6.42 Å². The first-order valence-electron chi connectivity index (χ1n) is 5.93. The number of benzene rings is 1. The molecule has 1 heterocycles. The lowest BCUT2D eigenvalue weighted by Gasteiger charge is -2.04. The van der Waals surface area contributed by atoms with Crippen LogP contribution in [0.4, 0.5) is 10.3 Å². The number of amides is 1. The van der Waals surface area contributed by atoms with Gasteiger partial charge in [-0.25, -0.2) is 4.39 Å². The van der Waals surface area contributed by atoms with Crippen LogP contribution in [0, 0.1) is 15.9 Å². The second-order valence-corrected chi connectivity index (χ2v) is 5.00. The van der Waals surface area contributed by atoms with Crippen LogP contribution in [0.3, 0.4) is 0 Å². The fourth-order valence-corrected chi connectivity index (χ4v) is 2.08. The second-order valence-electron chi connectivity index (χ2n) is 4.15. The van der Waals surface area contributed by atoms with Crippen LogP contribution in [0.2, 0.25) is 0 Å². The predicted octanol–water partition coefficient (Wildman–Crippen LogP) is 3.06. The highest BCUT2D eigenvalue weighted by Crippen LogP contribution is 2.17. The molecular formula is C13H10BrFN2O4. The molecule has 1 amide bonds. The zero-order valence-corrected chi connectivity index (χ0v) is 12.2. The lowest BCUT2D eigenvalue weighted by Crippen LogP contribution is -2.25. The topological polar surface area (TPSA) is 85.4 Å². The summed E-state index contributed by atoms with van der Waals surface area (Å²) in [7, 11) is 0. The summed E-state index contributed by atoms with van der Waals surface area (Å²) >= 11 is 3.08. The van der Waals surface area contributed by atoms with E-state index in [0.29, 0.717) is 17.4 Å². The van der Waals surface area contributed by atoms with E-state index < -0.39 is 16.7 Å². The molecule has 6 nitrogen and oxygen atoms in total. The number of nitrogens with zero attached hydrogens (tertiary/aromatic N) is 1. The van der Waals surface area contributed by atoms with Gasteiger partial charge >= 0.3 is 5.88 Å². The predicted molar refractivity (Wildman–Crippen MR) is 75.5 cm³/mol. The van der Waals surface area contributed by atoms with Gasteiger partial charge in [0.2, 0.25) is 0 Å². The highest BCUT2D eigenvalue weighted by atomic mass is 79.9. The molecule has 1 aromatic heterocycles. The van der Waals surface area contributed by atoms with Crippen molar-refractivity contribution in [1.82, 2.24) is 5.32 Å². The van der Waals surface area contributed by atoms with E-state index in [4.69, 9.17) is 4.42 Å². The van der Waals surface area contributed by atoms with Crippen LogP contribution in [-0.2, 0) is 6.42 Å². The van der Waals surface area contributed by atoms with Gasteiger partial charge in [-0.05, 0) is 46.1 Å². The summed E-state index contributed by atoms with van der Waals surface area (Å²) in [6.45, 7) is 0.297. The summed E-state index contributed by atoms with van der Waals surface area (Å²) in [5, 5.41) is 13.0. The normalized spacial score (nSPS) is 10.4. The quantitative estimate of drug-likeness (QED) is 0.658. The van der Waals surface area contributed by atoms with E-state index in [1.807, 2.05) is 0 Å². The molecule has 0 aliphatic heterocycles. The van der Waals surface area contributed by atoms with Gasteiger partial charge in [-0.1, -0.05) is 6.07 Å². The minimum Gasteiger partial charge on any atom is -0.395 e. The van der Waals surface area contributed by atoms with Crippen LogP contribution in [0.25, 0.3) is 0 Å². The van der Waals surface area contributed by atoms with E-state index in [1.54, 1.807) is 12.1 Å². The van der Waals surface area contributed by atoms with Crippen LogP contribution in [0.1, 0.15) is 16.1 Å². The molecule has 1 aromatic carbocycles. The molecule has 0 aliphatic carbocycles. The third-order valence-corrected chi connectivity index (χ3v) is 3.29. The average molecular weight is 357 g/mol. The van der Waals surface area contributed by atoms with Crippen LogP contribution in [-0.4, -0.2) is 17.4 Å². The molecule has 0 fully saturated rings. The number of nitro groups is 1. The lowest BCUT2D eigenvalue weighted by molar-refractivity contribution is -0.402. The van der Waals surface area contributed by atoms with Gasteiger partial charge in [-0.3, -0.25) is 14.9 Å². The van der Waals surface area contributed by atoms with Gasteiger partial charge < -0.3 is 9.73 Å². The largest absolute Gasteiger partial charge is 0.433 e. The first kappa shape index (κ1) is 15.2. The van der Waals surface area contributed by atoms with Crippen molar-refractivity contribution in [2.75, 3.05) is 6.54 Å². The zero-order valence-electron chi connectivity index (χ0n) is 10.6. The summed E-state index contributed by atoms with van der Waals surface area (Å²) in [5.74, 6) is -1.50. The Morgan fingerprint density at radius 2 is 2.14 bits per heavy atom. The first-order chi connectivity index (χ1) is 9.97. The van der Waals surface area contributed by atoms with Crippen molar-refractivity contribution >= 4 is 27.7 Å². The van der Waals surface area contributed by atoms with Crippen molar-refractivity contribution in [1.29, 1.82) is 0 Å². The fraction of sp³-hybridized carbons (Fsp3) is 0.154. The standard InChI is InChI=1S/C13H10BrFN2O4/c14-9-7-8(1-2-10(9)15)5-6-16-13(18)11-3-4-12(21-11)17(19)20/h1-4,7H,5-6H2,(H,16,18). The maximum Gasteiger partial charge on any atom is 0.433 e. The molecular weight excluding hydrogens is 347 g/mol. The van der Waals surface area contributed by atoms with Gasteiger partial charge in [0.15, 0.2) is 5.76 Å². The molecule has 0 saturated carbocycles. The van der Waals surface area contributed by atoms with Gasteiger partial charge in [-0.2, -0.15) is 0 Å². The summed E-state index contributed by atoms with van der Waals surface area (Å²) in [6.07, 6.45) is 0.493. The lowest BCUT2D eigenvalue weighted by atomic mass is 10.1. The van der Waals surface area contributed by atoms with E-state index in [9.17, 15) is 19.3 Å². The molecule has 0 unspecified atom stereocenters. The minimum atomic E-state index is -0.715. The Labute approximate surface area is 127 Å². The Hall–Kier alpha value is -2.22. The molecule has 0 saturated heterocycles. The number of carbonyl (C=O) groups is 1. The fourth-order valence-electron chi connectivity index (χ4n) is 1.65. The second kappa shape index (κ2) is 6.49. The van der Waals surface area contributed by atoms with Crippen molar-refractivity contribution in [2.24, 2.45) is 0 Å². The highest BCUT2D eigenvalue weighted by molar-refractivity contribution is 9.10. The molecule has 0 radical (unpaired) electrons. The summed E-state index contributed by atoms with van der Waals surface area (Å²) in [6, 6.07) is 6.92. The smallest absolute Gasteiger partial charge is 0.395 e. The van der Waals surface area contributed by atoms with Crippen LogP contribution in [0.5, 0.6) is 0 Å². The SMILES string of the molecule is O=C(NCCc1ccc(F)c(Br)c1)c1ccc([N+](=O)[O-])o1. The van der Waals surface area contributed by atoms with E-state index in [-0.39, 0.29) is 11.6 Å². The van der Waals surface area contributed by atoms with Crippen LogP contribution in [0.15, 0.2) is 39.2 Å². The number of nitrogens with one attached hydrogen (secondary N) is 1. The summed E-state index contributed by atoms with van der Waals surface area (Å²) in [5.41, 5.74) is 0.842. The molecule has 0 atom stereocenters. The van der Waals surface area contributed by atoms with Gasteiger partial charge in [0, 0.05) is 6.54 Å². The van der Waals surface area contributed by atoms with E-state index >= 15 is 0 Å². The Morgan fingerprint density at radius 1 is 1.38 bits per heavy atom. The number of furan rings is 1. The van der Waals surface area contributed by atoms with Crippen LogP contribution >= 0.6 is 15.9 Å². The Morgan fingerprint density at radius 3 is 2.76 bits per heavy atom. The van der Waals surface area contributed by atoms with E-state index in [2.05, 4.69) is 21.2 Å². The average Bonchev–Trinajstić information content (AvgIpc) is 2.92. The van der Waals surface area contributed by atoms with Crippen molar-refractivity contribution < 1.29 is 18.5 Å². The molecule has 21 heavy (non-hydrogen) atoms. The number of hydrogen-bond acceptors (Lipinski definition) is 4. The Balaban J connectivity index is 1.88. The number of hydrogen-bond donors (Lipinski definition) is 1. The van der Waals surface area contributed by atoms with Gasteiger partial charge in [0.25, 0.3) is 5.91 Å². The highest BCUT2D eigenvalue weighted by Gasteiger charge is 2.16. The van der Waals surface area contributed by atoms with E-state index in [1.165, 1.54) is 12.1 Å². The molecule has 1 N–H and O–H groups in total. The van der Waals surface area contributed by atoms with Gasteiger partial charge in [-0.15, -0.1) is 0 Å². The monoisotopic (exact) mass is 356 g/mol.